The molecule has 1 aliphatic heterocycles. The first-order valence-electron chi connectivity index (χ1n) is 31.1. The third-order valence-electron chi connectivity index (χ3n) is 14.5. The van der Waals surface area contributed by atoms with E-state index >= 15 is 0 Å². The number of nitrogens with zero attached hydrogens (tertiary/aromatic N) is 4. The zero-order valence-corrected chi connectivity index (χ0v) is 46.1. The van der Waals surface area contributed by atoms with Crippen LogP contribution in [0.4, 0.5) is 11.4 Å². The second kappa shape index (κ2) is 19.0. The van der Waals surface area contributed by atoms with Gasteiger partial charge in [-0.2, -0.15) is 12.1 Å². The Morgan fingerprint density at radius 2 is 1.22 bits per heavy atom. The van der Waals surface area contributed by atoms with Crippen molar-refractivity contribution in [3.8, 4) is 28.4 Å². The second-order valence-electron chi connectivity index (χ2n) is 22.2. The second-order valence-corrected chi connectivity index (χ2v) is 22.2. The molecule has 4 heterocycles. The molecule has 5 nitrogen and oxygen atoms in total. The van der Waals surface area contributed by atoms with Gasteiger partial charge in [-0.05, 0) is 142 Å². The maximum absolute atomic E-state index is 9.71. The van der Waals surface area contributed by atoms with Crippen molar-refractivity contribution in [3.05, 3.63) is 211 Å². The van der Waals surface area contributed by atoms with Gasteiger partial charge in [0.05, 0.1) is 0 Å². The molecule has 76 heavy (non-hydrogen) atoms. The predicted molar refractivity (Wildman–Crippen MR) is 317 cm³/mol. The first kappa shape index (κ1) is 39.1. The summed E-state index contributed by atoms with van der Waals surface area (Å²) in [5.74, 6) is 1.22. The maximum atomic E-state index is 9.71. The molecule has 0 saturated carbocycles. The number of hydrogen-bond acceptors (Lipinski definition) is 3. The van der Waals surface area contributed by atoms with Crippen molar-refractivity contribution < 1.29 is 40.9 Å². The Kier molecular flexibility index (Phi) is 9.80. The van der Waals surface area contributed by atoms with E-state index in [2.05, 4.69) is 60.2 Å². The van der Waals surface area contributed by atoms with Crippen molar-refractivity contribution in [1.29, 1.82) is 0 Å². The van der Waals surface area contributed by atoms with E-state index in [-0.39, 0.29) is 32.0 Å². The van der Waals surface area contributed by atoms with E-state index in [0.717, 1.165) is 65.9 Å². The summed E-state index contributed by atoms with van der Waals surface area (Å²) >= 11 is 0. The van der Waals surface area contributed by atoms with Crippen LogP contribution in [0.5, 0.6) is 11.5 Å². The van der Waals surface area contributed by atoms with Crippen molar-refractivity contribution in [1.82, 2.24) is 14.1 Å². The Morgan fingerprint density at radius 1 is 0.592 bits per heavy atom. The van der Waals surface area contributed by atoms with Crippen LogP contribution in [0, 0.1) is 24.7 Å². The summed E-state index contributed by atoms with van der Waals surface area (Å²) in [6.07, 6.45) is 0.0553. The van der Waals surface area contributed by atoms with Gasteiger partial charge in [-0.15, -0.1) is 35.7 Å². The van der Waals surface area contributed by atoms with Crippen LogP contribution < -0.4 is 9.64 Å². The molecular formula is C70H65N4OPt-3. The molecule has 0 aliphatic carbocycles. The van der Waals surface area contributed by atoms with E-state index in [1.807, 2.05) is 186 Å². The molecule has 384 valence electrons. The Labute approximate surface area is 478 Å². The van der Waals surface area contributed by atoms with Crippen LogP contribution in [0.1, 0.15) is 113 Å². The van der Waals surface area contributed by atoms with Gasteiger partial charge in [-0.3, -0.25) is 0 Å². The van der Waals surface area contributed by atoms with Crippen molar-refractivity contribution >= 4 is 76.5 Å². The van der Waals surface area contributed by atoms with Crippen LogP contribution in [0.25, 0.3) is 82.1 Å². The van der Waals surface area contributed by atoms with Gasteiger partial charge in [0.15, 0.2) is 0 Å². The molecular weight excluding hydrogens is 1110 g/mol. The van der Waals surface area contributed by atoms with Gasteiger partial charge in [0.1, 0.15) is 5.82 Å². The smallest absolute Gasteiger partial charge is 0.135 e. The summed E-state index contributed by atoms with van der Waals surface area (Å²) in [5.41, 5.74) is 3.12. The Morgan fingerprint density at radius 3 is 1.97 bits per heavy atom. The van der Waals surface area contributed by atoms with E-state index in [1.54, 1.807) is 0 Å². The van der Waals surface area contributed by atoms with Gasteiger partial charge in [-0.25, -0.2) is 4.98 Å². The summed E-state index contributed by atoms with van der Waals surface area (Å²) in [7, 11) is 0. The summed E-state index contributed by atoms with van der Waals surface area (Å²) in [4.78, 5) is 6.89. The van der Waals surface area contributed by atoms with Gasteiger partial charge in [0.2, 0.25) is 0 Å². The fourth-order valence-corrected chi connectivity index (χ4v) is 10.8. The molecule has 0 fully saturated rings. The van der Waals surface area contributed by atoms with Gasteiger partial charge >= 0.3 is 0 Å². The quantitative estimate of drug-likeness (QED) is 0.149. The molecule has 0 unspecified atom stereocenters. The maximum Gasteiger partial charge on any atom is 0.135 e. The van der Waals surface area contributed by atoms with Crippen LogP contribution >= 0.6 is 0 Å². The van der Waals surface area contributed by atoms with Gasteiger partial charge in [-0.1, -0.05) is 196 Å². The molecule has 0 bridgehead atoms. The van der Waals surface area contributed by atoms with Crippen molar-refractivity contribution in [3.63, 3.8) is 0 Å². The average Bonchev–Trinajstić information content (AvgIpc) is 1.54. The number of hydrogen-bond donors (Lipinski definition) is 0. The molecule has 12 rings (SSSR count). The normalized spacial score (nSPS) is 15.6. The number of ether oxygens (including phenoxy) is 1. The summed E-state index contributed by atoms with van der Waals surface area (Å²) in [5, 5.41) is 6.57. The van der Waals surface area contributed by atoms with E-state index in [0.29, 0.717) is 55.7 Å². The molecule has 0 saturated heterocycles. The molecule has 0 amide bonds. The number of para-hydroxylation sites is 3. The van der Waals surface area contributed by atoms with Crippen LogP contribution in [0.3, 0.4) is 0 Å². The van der Waals surface area contributed by atoms with Crippen molar-refractivity contribution in [2.75, 3.05) is 4.90 Å². The predicted octanol–water partition coefficient (Wildman–Crippen LogP) is 19.0. The molecule has 0 N–H and O–H groups in total. The zero-order chi connectivity index (χ0) is 61.4. The number of benzene rings is 8. The molecule has 3 aromatic heterocycles. The Hall–Kier alpha value is -7.33. The average molecular weight is 1180 g/mol. The third kappa shape index (κ3) is 8.91. The molecule has 1 aliphatic rings. The summed E-state index contributed by atoms with van der Waals surface area (Å²) < 4.78 is 110. The molecule has 11 aromatic rings. The van der Waals surface area contributed by atoms with Crippen LogP contribution in [-0.2, 0) is 43.7 Å². The van der Waals surface area contributed by atoms with Gasteiger partial charge in [0.25, 0.3) is 0 Å². The summed E-state index contributed by atoms with van der Waals surface area (Å²) in [6.45, 7) is 7.48. The van der Waals surface area contributed by atoms with E-state index < -0.39 is 43.7 Å². The van der Waals surface area contributed by atoms with Gasteiger partial charge in [0, 0.05) is 65.0 Å². The number of pyridine rings is 1. The minimum absolute atomic E-state index is 0. The minimum atomic E-state index is -3.52. The Bertz CT molecular complexity index is 4580. The zero-order valence-electron chi connectivity index (χ0n) is 54.8. The third-order valence-corrected chi connectivity index (χ3v) is 14.5. The van der Waals surface area contributed by atoms with E-state index in [4.69, 9.17) is 22.1 Å². The molecule has 0 spiro atoms. The number of aromatic nitrogens is 3. The van der Waals surface area contributed by atoms with Crippen LogP contribution in [0.15, 0.2) is 170 Å². The number of fused-ring (bicyclic) bond motifs is 10. The SMILES string of the molecule is [2H]C([2H])(c1cccc2c3cccc4c3n(c3c(-c5cc(C(C)(C)C)cc(C(C([2H])([2H])[2H])(C([2H])([2H])[2H])C([2H])([2H])[2H])c5)cccc3c3ccccc3c12)[CH-]N4c1[c-]c(Oc2[c-]c3c(cc2)c2ccccc2n3-c2cc(C(C)(C)C)ccn2)ccc1)C(C)C.[Pt]. The molecule has 8 aromatic carbocycles. The van der Waals surface area contributed by atoms with Crippen molar-refractivity contribution in [2.24, 2.45) is 5.92 Å². The van der Waals surface area contributed by atoms with Gasteiger partial charge < -0.3 is 18.8 Å². The minimum Gasteiger partial charge on any atom is -0.509 e. The van der Waals surface area contributed by atoms with E-state index in [1.165, 1.54) is 12.1 Å². The standard InChI is InChI=1S/C70H65N4O.Pt/c1-44(2)36-45-20-16-27-58-60-29-19-31-62-67(60)73(66-53(26-18-28-59(66)54-23-12-13-25-57(54)65(45)58)46-37-48(69(6,7)8)39-49(38-46)70(9,10)11)43-72(62)50-21-17-22-51(41-50)75-52-32-33-56-55-24-14-15-30-61(55)74(63(56)42-52)64-40-47(34-35-71-64)68(3,4)5;/h12-35,37-40,43-44H,36H2,1-11H3;/q-3;/i6D3,7D3,8D3,36D2;. The largest absolute Gasteiger partial charge is 0.509 e. The van der Waals surface area contributed by atoms with Crippen molar-refractivity contribution in [2.45, 2.75) is 98.6 Å². The van der Waals surface area contributed by atoms with E-state index in [9.17, 15) is 2.74 Å². The van der Waals surface area contributed by atoms with Crippen LogP contribution in [0.2, 0.25) is 0 Å². The molecule has 6 heteroatoms. The monoisotopic (exact) mass is 1180 g/mol. The number of rotatable bonds is 7. The number of anilines is 2. The Balaban J connectivity index is 0.00000784. The molecule has 0 radical (unpaired) electrons. The fourth-order valence-electron chi connectivity index (χ4n) is 10.8. The van der Waals surface area contributed by atoms with Crippen LogP contribution in [-0.4, -0.2) is 14.1 Å². The topological polar surface area (TPSA) is 35.2 Å². The first-order valence-corrected chi connectivity index (χ1v) is 25.6. The fraction of sp³-hybridized carbons (Fsp3) is 0.229. The molecule has 0 atom stereocenters. The first-order chi connectivity index (χ1) is 40.4. The summed E-state index contributed by atoms with van der Waals surface area (Å²) in [6, 6.07) is 59.5.